The average molecular weight is 298 g/mol. The number of carbonyl (C=O) groups excluding carboxylic acids is 2. The Morgan fingerprint density at radius 3 is 2.65 bits per heavy atom. The topological polar surface area (TPSA) is 66.8 Å². The standard InChI is InChI=1S/C14H16ClNO4/c1-9(13(18)16-6-2-3-7-16)20-14(19)11-8-10(15)4-5-12(11)17/h4-5,8-9,17H,2-3,6-7H2,1H3/t9-/m1/s1. The largest absolute Gasteiger partial charge is 0.507 e. The van der Waals surface area contributed by atoms with Crippen LogP contribution in [-0.4, -0.2) is 41.1 Å². The Labute approximate surface area is 122 Å². The highest BCUT2D eigenvalue weighted by molar-refractivity contribution is 6.31. The van der Waals surface area contributed by atoms with Crippen LogP contribution in [0.25, 0.3) is 0 Å². The Bertz CT molecular complexity index is 526. The molecule has 1 fully saturated rings. The van der Waals surface area contributed by atoms with Crippen molar-refractivity contribution in [3.8, 4) is 5.75 Å². The van der Waals surface area contributed by atoms with Gasteiger partial charge in [-0.2, -0.15) is 0 Å². The minimum atomic E-state index is -0.876. The van der Waals surface area contributed by atoms with Crippen LogP contribution in [0.3, 0.4) is 0 Å². The van der Waals surface area contributed by atoms with Gasteiger partial charge in [0.25, 0.3) is 5.91 Å². The summed E-state index contributed by atoms with van der Waals surface area (Å²) in [6.07, 6.45) is 1.07. The third-order valence-electron chi connectivity index (χ3n) is 3.23. The first-order chi connectivity index (χ1) is 9.49. The molecule has 1 N–H and O–H groups in total. The molecule has 20 heavy (non-hydrogen) atoms. The first-order valence-electron chi connectivity index (χ1n) is 6.47. The smallest absolute Gasteiger partial charge is 0.342 e. The maximum absolute atomic E-state index is 12.0. The van der Waals surface area contributed by atoms with E-state index < -0.39 is 12.1 Å². The van der Waals surface area contributed by atoms with Gasteiger partial charge in [-0.1, -0.05) is 11.6 Å². The van der Waals surface area contributed by atoms with Crippen LogP contribution in [0.4, 0.5) is 0 Å². The second kappa shape index (κ2) is 6.13. The Morgan fingerprint density at radius 1 is 1.35 bits per heavy atom. The molecule has 108 valence electrons. The van der Waals surface area contributed by atoms with E-state index in [-0.39, 0.29) is 17.2 Å². The number of ether oxygens (including phenoxy) is 1. The van der Waals surface area contributed by atoms with Gasteiger partial charge in [0.2, 0.25) is 0 Å². The second-order valence-electron chi connectivity index (χ2n) is 4.74. The Hall–Kier alpha value is -1.75. The van der Waals surface area contributed by atoms with E-state index in [0.717, 1.165) is 12.8 Å². The zero-order valence-corrected chi connectivity index (χ0v) is 11.9. The SMILES string of the molecule is C[C@@H](OC(=O)c1cc(Cl)ccc1O)C(=O)N1CCCC1. The maximum Gasteiger partial charge on any atom is 0.342 e. The number of phenolic OH excluding ortho intramolecular Hbond substituents is 1. The lowest BCUT2D eigenvalue weighted by Gasteiger charge is -2.20. The van der Waals surface area contributed by atoms with Crippen molar-refractivity contribution in [2.45, 2.75) is 25.9 Å². The number of nitrogens with zero attached hydrogens (tertiary/aromatic N) is 1. The fourth-order valence-electron chi connectivity index (χ4n) is 2.14. The summed E-state index contributed by atoms with van der Waals surface area (Å²) in [5.74, 6) is -1.19. The summed E-state index contributed by atoms with van der Waals surface area (Å²) in [4.78, 5) is 25.6. The van der Waals surface area contributed by atoms with Gasteiger partial charge in [0, 0.05) is 18.1 Å². The van der Waals surface area contributed by atoms with E-state index >= 15 is 0 Å². The molecule has 1 saturated heterocycles. The van der Waals surface area contributed by atoms with Crippen LogP contribution in [0.5, 0.6) is 5.75 Å². The zero-order valence-electron chi connectivity index (χ0n) is 11.1. The molecule has 6 heteroatoms. The number of hydrogen-bond acceptors (Lipinski definition) is 4. The van der Waals surface area contributed by atoms with Crippen LogP contribution in [0.1, 0.15) is 30.1 Å². The third kappa shape index (κ3) is 3.22. The third-order valence-corrected chi connectivity index (χ3v) is 3.46. The van der Waals surface area contributed by atoms with Crippen molar-refractivity contribution in [3.05, 3.63) is 28.8 Å². The molecule has 0 bridgehead atoms. The van der Waals surface area contributed by atoms with Crippen LogP contribution in [0.2, 0.25) is 5.02 Å². The molecular formula is C14H16ClNO4. The van der Waals surface area contributed by atoms with Crippen molar-refractivity contribution >= 4 is 23.5 Å². The Morgan fingerprint density at radius 2 is 2.00 bits per heavy atom. The van der Waals surface area contributed by atoms with Gasteiger partial charge in [-0.05, 0) is 38.0 Å². The quantitative estimate of drug-likeness (QED) is 0.869. The highest BCUT2D eigenvalue weighted by atomic mass is 35.5. The molecule has 0 radical (unpaired) electrons. The minimum absolute atomic E-state index is 0.0430. The predicted molar refractivity (Wildman–Crippen MR) is 73.8 cm³/mol. The second-order valence-corrected chi connectivity index (χ2v) is 5.18. The lowest BCUT2D eigenvalue weighted by atomic mass is 10.2. The monoisotopic (exact) mass is 297 g/mol. The van der Waals surface area contributed by atoms with Crippen molar-refractivity contribution in [2.24, 2.45) is 0 Å². The number of carbonyl (C=O) groups is 2. The number of likely N-dealkylation sites (tertiary alicyclic amines) is 1. The molecule has 5 nitrogen and oxygen atoms in total. The lowest BCUT2D eigenvalue weighted by Crippen LogP contribution is -2.38. The molecule has 0 spiro atoms. The molecule has 1 aliphatic heterocycles. The van der Waals surface area contributed by atoms with E-state index in [1.54, 1.807) is 4.90 Å². The number of halogens is 1. The van der Waals surface area contributed by atoms with Crippen LogP contribution >= 0.6 is 11.6 Å². The van der Waals surface area contributed by atoms with Crippen LogP contribution in [0.15, 0.2) is 18.2 Å². The van der Waals surface area contributed by atoms with Crippen molar-refractivity contribution in [3.63, 3.8) is 0 Å². The van der Waals surface area contributed by atoms with E-state index in [0.29, 0.717) is 18.1 Å². The molecule has 1 amide bonds. The Balaban J connectivity index is 2.03. The number of rotatable bonds is 3. The number of benzene rings is 1. The molecule has 0 aromatic heterocycles. The number of amides is 1. The van der Waals surface area contributed by atoms with Gasteiger partial charge in [-0.3, -0.25) is 4.79 Å². The van der Waals surface area contributed by atoms with Crippen molar-refractivity contribution in [1.29, 1.82) is 0 Å². The summed E-state index contributed by atoms with van der Waals surface area (Å²) >= 11 is 5.77. The van der Waals surface area contributed by atoms with Gasteiger partial charge < -0.3 is 14.7 Å². The van der Waals surface area contributed by atoms with E-state index in [1.807, 2.05) is 0 Å². The summed E-state index contributed by atoms with van der Waals surface area (Å²) in [6.45, 7) is 2.92. The molecule has 0 aliphatic carbocycles. The molecule has 1 heterocycles. The number of aromatic hydroxyl groups is 1. The van der Waals surface area contributed by atoms with Crippen LogP contribution < -0.4 is 0 Å². The number of hydrogen-bond donors (Lipinski definition) is 1. The number of esters is 1. The van der Waals surface area contributed by atoms with Crippen molar-refractivity contribution in [2.75, 3.05) is 13.1 Å². The predicted octanol–water partition coefficient (Wildman–Crippen LogP) is 2.21. The summed E-state index contributed by atoms with van der Waals surface area (Å²) in [5.41, 5.74) is -0.0430. The first kappa shape index (κ1) is 14.7. The maximum atomic E-state index is 12.0. The number of phenols is 1. The van der Waals surface area contributed by atoms with Gasteiger partial charge in [-0.15, -0.1) is 0 Å². The van der Waals surface area contributed by atoms with Gasteiger partial charge in [0.15, 0.2) is 6.10 Å². The summed E-state index contributed by atoms with van der Waals surface area (Å²) in [5, 5.41) is 9.93. The average Bonchev–Trinajstić information content (AvgIpc) is 2.94. The van der Waals surface area contributed by atoms with Gasteiger partial charge >= 0.3 is 5.97 Å². The van der Waals surface area contributed by atoms with E-state index in [9.17, 15) is 14.7 Å². The molecule has 1 atom stereocenters. The van der Waals surface area contributed by atoms with Crippen LogP contribution in [-0.2, 0) is 9.53 Å². The highest BCUT2D eigenvalue weighted by Crippen LogP contribution is 2.23. The highest BCUT2D eigenvalue weighted by Gasteiger charge is 2.27. The lowest BCUT2D eigenvalue weighted by molar-refractivity contribution is -0.138. The first-order valence-corrected chi connectivity index (χ1v) is 6.85. The molecule has 1 aromatic rings. The zero-order chi connectivity index (χ0) is 14.7. The summed E-state index contributed by atoms with van der Waals surface area (Å²) < 4.78 is 5.10. The molecule has 0 saturated carbocycles. The van der Waals surface area contributed by atoms with E-state index in [2.05, 4.69) is 0 Å². The molecule has 2 rings (SSSR count). The summed E-state index contributed by atoms with van der Waals surface area (Å²) in [7, 11) is 0. The van der Waals surface area contributed by atoms with Crippen molar-refractivity contribution < 1.29 is 19.4 Å². The molecule has 1 aromatic carbocycles. The Kier molecular flexibility index (Phi) is 4.49. The minimum Gasteiger partial charge on any atom is -0.507 e. The van der Waals surface area contributed by atoms with E-state index in [1.165, 1.54) is 25.1 Å². The fourth-order valence-corrected chi connectivity index (χ4v) is 2.31. The fraction of sp³-hybridized carbons (Fsp3) is 0.429. The molecule has 1 aliphatic rings. The van der Waals surface area contributed by atoms with Gasteiger partial charge in [0.1, 0.15) is 11.3 Å². The van der Waals surface area contributed by atoms with Gasteiger partial charge in [0.05, 0.1) is 0 Å². The molecular weight excluding hydrogens is 282 g/mol. The molecule has 0 unspecified atom stereocenters. The van der Waals surface area contributed by atoms with Gasteiger partial charge in [-0.25, -0.2) is 4.79 Å². The van der Waals surface area contributed by atoms with Crippen LogP contribution in [0, 0.1) is 0 Å². The van der Waals surface area contributed by atoms with E-state index in [4.69, 9.17) is 16.3 Å². The normalized spacial score (nSPS) is 16.0. The summed E-state index contributed by atoms with van der Waals surface area (Å²) in [6, 6.07) is 4.09. The van der Waals surface area contributed by atoms with Crippen molar-refractivity contribution in [1.82, 2.24) is 4.90 Å².